The van der Waals surface area contributed by atoms with Crippen molar-refractivity contribution in [2.45, 2.75) is 0 Å². The maximum atomic E-state index is 13.5. The lowest BCUT2D eigenvalue weighted by molar-refractivity contribution is 1.03. The van der Waals surface area contributed by atoms with E-state index in [0.717, 1.165) is 126 Å². The smallest absolute Gasteiger partial charge is 0.104 e. The summed E-state index contributed by atoms with van der Waals surface area (Å²) in [7, 11) is 1.90. The first kappa shape index (κ1) is 50.0. The van der Waals surface area contributed by atoms with Crippen molar-refractivity contribution >= 4 is 219 Å². The van der Waals surface area contributed by atoms with Crippen LogP contribution in [0.2, 0.25) is 0 Å². The number of nitrogens with zero attached hydrogens (tertiary/aromatic N) is 6. The maximum absolute atomic E-state index is 13.5. The molecule has 10 heteroatoms. The van der Waals surface area contributed by atoms with Crippen molar-refractivity contribution in [1.82, 2.24) is 18.3 Å². The number of benzene rings is 13. The van der Waals surface area contributed by atoms with E-state index >= 15 is 0 Å². The largest absolute Gasteiger partial charge is 0.306 e. The highest BCUT2D eigenvalue weighted by Gasteiger charge is 2.36. The fourth-order valence-corrected chi connectivity index (χ4v) is 20.4. The summed E-state index contributed by atoms with van der Waals surface area (Å²) in [6, 6.07) is 92.9. The number of para-hydroxylation sites is 4. The zero-order valence-corrected chi connectivity index (χ0v) is 51.8. The third kappa shape index (κ3) is 6.45. The molecule has 21 rings (SSSR count). The van der Waals surface area contributed by atoms with E-state index in [1.807, 2.05) is 52.4 Å². The van der Waals surface area contributed by atoms with Gasteiger partial charge in [0.2, 0.25) is 0 Å². The van der Waals surface area contributed by atoms with Gasteiger partial charge < -0.3 is 18.3 Å². The van der Waals surface area contributed by atoms with Crippen molar-refractivity contribution in [2.75, 3.05) is 7.05 Å². The van der Waals surface area contributed by atoms with Crippen LogP contribution >= 0.6 is 45.3 Å². The molecular weight excluding hydrogens is 1190 g/mol. The van der Waals surface area contributed by atoms with Gasteiger partial charge in [0.15, 0.2) is 0 Å². The van der Waals surface area contributed by atoms with Crippen molar-refractivity contribution in [1.29, 1.82) is 5.26 Å². The first-order valence-electron chi connectivity index (χ1n) is 30.5. The monoisotopic (exact) mass is 1230 g/mol. The predicted molar refractivity (Wildman–Crippen MR) is 394 cm³/mol. The van der Waals surface area contributed by atoms with Gasteiger partial charge in [0, 0.05) is 143 Å². The summed E-state index contributed by atoms with van der Waals surface area (Å²) >= 11 is 7.32. The fourth-order valence-electron chi connectivity index (χ4n) is 16.0. The number of rotatable bonds is 5. The Morgan fingerprint density at radius 2 is 0.560 bits per heavy atom. The molecule has 422 valence electrons. The second kappa shape index (κ2) is 18.4. The summed E-state index contributed by atoms with van der Waals surface area (Å²) in [5, 5.41) is 31.9. The molecule has 6 nitrogen and oxygen atoms in total. The second-order valence-corrected chi connectivity index (χ2v) is 28.2. The van der Waals surface area contributed by atoms with E-state index in [2.05, 4.69) is 273 Å². The second-order valence-electron chi connectivity index (χ2n) is 23.8. The molecule has 0 spiro atoms. The van der Waals surface area contributed by atoms with E-state index in [9.17, 15) is 5.26 Å². The molecule has 8 aromatic heterocycles. The van der Waals surface area contributed by atoms with Crippen molar-refractivity contribution in [3.8, 4) is 28.8 Å². The number of nitriles is 1. The quantitative estimate of drug-likeness (QED) is 0.158. The molecule has 8 heterocycles. The van der Waals surface area contributed by atoms with Gasteiger partial charge in [-0.2, -0.15) is 5.26 Å². The molecule has 0 unspecified atom stereocenters. The first-order chi connectivity index (χ1) is 45.1. The molecule has 0 atom stereocenters. The lowest BCUT2D eigenvalue weighted by Crippen LogP contribution is -2.18. The topological polar surface area (TPSA) is 55.9 Å². The molecular formula is C81H44N6S4. The number of fused-ring (bicyclic) bond motifs is 28. The Balaban J connectivity index is 1.13. The molecule has 0 saturated heterocycles. The summed E-state index contributed by atoms with van der Waals surface area (Å²) in [4.78, 5) is 5.27. The number of hydrogen-bond donors (Lipinski definition) is 0. The van der Waals surface area contributed by atoms with Gasteiger partial charge >= 0.3 is 0 Å². The fraction of sp³-hybridized carbons (Fsp3) is 0.0123. The summed E-state index contributed by atoms with van der Waals surface area (Å²) < 4.78 is 19.8. The van der Waals surface area contributed by atoms with E-state index in [1.165, 1.54) is 69.9 Å². The van der Waals surface area contributed by atoms with E-state index < -0.39 is 0 Å². The summed E-state index contributed by atoms with van der Waals surface area (Å²) in [5.74, 6) is 0. The Labute approximate surface area is 533 Å². The third-order valence-electron chi connectivity index (χ3n) is 19.4. The Morgan fingerprint density at radius 3 is 0.879 bits per heavy atom. The van der Waals surface area contributed by atoms with Crippen LogP contribution in [0.25, 0.3) is 191 Å². The highest BCUT2D eigenvalue weighted by Crippen LogP contribution is 2.54. The van der Waals surface area contributed by atoms with Gasteiger partial charge in [-0.25, -0.2) is 0 Å². The number of thiophene rings is 4. The van der Waals surface area contributed by atoms with Crippen LogP contribution in [0.1, 0.15) is 11.1 Å². The van der Waals surface area contributed by atoms with Crippen molar-refractivity contribution in [3.05, 3.63) is 254 Å². The van der Waals surface area contributed by atoms with Crippen molar-refractivity contribution in [3.63, 3.8) is 0 Å². The molecule has 0 amide bonds. The summed E-state index contributed by atoms with van der Waals surface area (Å²) in [6.07, 6.45) is 2.08. The minimum atomic E-state index is 0.521. The molecule has 0 saturated carbocycles. The zero-order chi connectivity index (χ0) is 59.5. The van der Waals surface area contributed by atoms with Gasteiger partial charge in [0.1, 0.15) is 11.6 Å². The summed E-state index contributed by atoms with van der Waals surface area (Å²) in [5.41, 5.74) is 13.0. The average Bonchev–Trinajstić information content (AvgIpc) is 1.58. The molecule has 0 bridgehead atoms. The van der Waals surface area contributed by atoms with Crippen molar-refractivity contribution in [2.24, 2.45) is 4.99 Å². The van der Waals surface area contributed by atoms with Crippen LogP contribution in [-0.4, -0.2) is 31.5 Å². The lowest BCUT2D eigenvalue weighted by Gasteiger charge is -2.28. The van der Waals surface area contributed by atoms with Crippen LogP contribution in [0.3, 0.4) is 0 Å². The highest BCUT2D eigenvalue weighted by molar-refractivity contribution is 7.27. The van der Waals surface area contributed by atoms with Crippen LogP contribution in [0.4, 0.5) is 0 Å². The molecule has 0 N–H and O–H groups in total. The molecule has 0 radical (unpaired) electrons. The van der Waals surface area contributed by atoms with Gasteiger partial charge in [-0.05, 0) is 72.8 Å². The maximum Gasteiger partial charge on any atom is 0.104 e. The van der Waals surface area contributed by atoms with Crippen LogP contribution in [0, 0.1) is 11.3 Å². The Kier molecular flexibility index (Phi) is 10.1. The number of hydrogen-bond acceptors (Lipinski definition) is 6. The Morgan fingerprint density at radius 1 is 0.286 bits per heavy atom. The van der Waals surface area contributed by atoms with Crippen LogP contribution in [0.5, 0.6) is 0 Å². The molecule has 0 fully saturated rings. The number of aliphatic imine (C=N–C) groups is 1. The van der Waals surface area contributed by atoms with E-state index in [0.29, 0.717) is 5.56 Å². The van der Waals surface area contributed by atoms with E-state index in [-0.39, 0.29) is 0 Å². The molecule has 21 aromatic rings. The molecule has 13 aromatic carbocycles. The van der Waals surface area contributed by atoms with E-state index in [4.69, 9.17) is 4.99 Å². The standard InChI is InChI=1S/C81H44N6S4/c1-83-43-57-74(84-58-26-10-2-18-44(58)48-34-38-66-70(75(48)84)52-22-6-14-30-62(52)88-66)56(42-82)79(85-59-27-11-3-19-45(59)49-35-39-67-71(76(49)85)53-23-7-15-31-63(53)89-67)81(87-61-29-13-5-21-47(61)51-37-41-69-73(78(51)87)55-25-9-17-33-65(55)91-69)80(57)86-60-28-12-4-20-46(60)50-36-40-68-72(77(50)86)54-24-8-16-32-64(54)90-68/h2-41,43H,1H3. The Hall–Kier alpha value is -10.9. The Bertz CT molecular complexity index is 6940. The SMILES string of the molecule is CN=Cc1c(-n2c3ccccc3c3ccc4sc5ccccc5c4c32)c(C#N)c(-n2c3ccccc3c3ccc4sc5ccccc5c4c32)c(-n2c3ccccc3c3ccc4sc5ccccc5c4c32)c1-n1c2ccccc2c2ccc3sc4ccccc4c3c21. The van der Waals surface area contributed by atoms with Gasteiger partial charge in [-0.3, -0.25) is 4.99 Å². The minimum absolute atomic E-state index is 0.521. The third-order valence-corrected chi connectivity index (χ3v) is 23.9. The van der Waals surface area contributed by atoms with Gasteiger partial charge in [0.05, 0.1) is 66.9 Å². The average molecular weight is 1230 g/mol. The molecule has 0 aliphatic carbocycles. The van der Waals surface area contributed by atoms with Crippen LogP contribution in [-0.2, 0) is 0 Å². The van der Waals surface area contributed by atoms with Gasteiger partial charge in [-0.15, -0.1) is 45.3 Å². The highest BCUT2D eigenvalue weighted by atomic mass is 32.1. The summed E-state index contributed by atoms with van der Waals surface area (Å²) in [6.45, 7) is 0. The van der Waals surface area contributed by atoms with Gasteiger partial charge in [0.25, 0.3) is 0 Å². The molecule has 0 aliphatic rings. The van der Waals surface area contributed by atoms with E-state index in [1.54, 1.807) is 0 Å². The minimum Gasteiger partial charge on any atom is -0.306 e. The predicted octanol–water partition coefficient (Wildman–Crippen LogP) is 23.5. The zero-order valence-electron chi connectivity index (χ0n) is 48.5. The van der Waals surface area contributed by atoms with Crippen LogP contribution < -0.4 is 0 Å². The number of aromatic nitrogens is 4. The van der Waals surface area contributed by atoms with Crippen molar-refractivity contribution < 1.29 is 0 Å². The first-order valence-corrected chi connectivity index (χ1v) is 33.8. The van der Waals surface area contributed by atoms with Crippen LogP contribution in [0.15, 0.2) is 248 Å². The lowest BCUT2D eigenvalue weighted by atomic mass is 9.97. The van der Waals surface area contributed by atoms with Gasteiger partial charge in [-0.1, -0.05) is 170 Å². The normalized spacial score (nSPS) is 12.6. The molecule has 91 heavy (non-hydrogen) atoms. The molecule has 0 aliphatic heterocycles.